The zero-order valence-electron chi connectivity index (χ0n) is 8.21. The molecule has 0 heterocycles. The molecule has 1 nitrogen and oxygen atoms in total. The number of rotatable bonds is 6. The first-order valence-electron chi connectivity index (χ1n) is 4.51. The van der Waals surface area contributed by atoms with Crippen molar-refractivity contribution in [3.05, 3.63) is 24.3 Å². The normalized spacial score (nSPS) is 14.0. The van der Waals surface area contributed by atoms with Crippen molar-refractivity contribution >= 4 is 6.72 Å². The maximum absolute atomic E-state index is 3.86. The Labute approximate surface area is 75.9 Å². The van der Waals surface area contributed by atoms with E-state index in [4.69, 9.17) is 0 Å². The molecule has 0 aromatic heterocycles. The van der Waals surface area contributed by atoms with E-state index in [0.29, 0.717) is 5.92 Å². The van der Waals surface area contributed by atoms with E-state index < -0.39 is 0 Å². The fourth-order valence-electron chi connectivity index (χ4n) is 1.37. The predicted molar refractivity (Wildman–Crippen MR) is 56.8 cm³/mol. The smallest absolute Gasteiger partial charge is 0.0387 e. The molecular formula is C11H19N. The van der Waals surface area contributed by atoms with Gasteiger partial charge in [-0.1, -0.05) is 25.7 Å². The topological polar surface area (TPSA) is 12.4 Å². The Morgan fingerprint density at radius 3 is 2.58 bits per heavy atom. The number of allylic oxidation sites excluding steroid dienone is 3. The molecule has 1 unspecified atom stereocenters. The Bertz CT molecular complexity index is 168. The SMILES string of the molecule is C=C/C(=C\C)C(CC)CCN=C. The molecule has 0 spiro atoms. The molecule has 0 bridgehead atoms. The van der Waals surface area contributed by atoms with Crippen LogP contribution in [0.2, 0.25) is 0 Å². The lowest BCUT2D eigenvalue weighted by Gasteiger charge is -2.14. The Hall–Kier alpha value is -0.850. The summed E-state index contributed by atoms with van der Waals surface area (Å²) < 4.78 is 0. The minimum atomic E-state index is 0.609. The van der Waals surface area contributed by atoms with Gasteiger partial charge in [-0.2, -0.15) is 0 Å². The van der Waals surface area contributed by atoms with Gasteiger partial charge in [-0.05, 0) is 38.0 Å². The lowest BCUT2D eigenvalue weighted by Crippen LogP contribution is -2.02. The molecule has 0 saturated heterocycles. The van der Waals surface area contributed by atoms with Gasteiger partial charge < -0.3 is 4.99 Å². The number of aliphatic imine (C=N–C) groups is 1. The fraction of sp³-hybridized carbons (Fsp3) is 0.545. The van der Waals surface area contributed by atoms with Crippen LogP contribution in [-0.2, 0) is 0 Å². The highest BCUT2D eigenvalue weighted by Gasteiger charge is 2.07. The second kappa shape index (κ2) is 6.84. The minimum absolute atomic E-state index is 0.609. The average Bonchev–Trinajstić information content (AvgIpc) is 2.12. The minimum Gasteiger partial charge on any atom is -0.301 e. The van der Waals surface area contributed by atoms with Gasteiger partial charge in [0.05, 0.1) is 0 Å². The Balaban J connectivity index is 4.11. The van der Waals surface area contributed by atoms with E-state index in [-0.39, 0.29) is 0 Å². The molecule has 0 N–H and O–H groups in total. The van der Waals surface area contributed by atoms with Gasteiger partial charge in [0.1, 0.15) is 0 Å². The summed E-state index contributed by atoms with van der Waals surface area (Å²) in [5, 5.41) is 0. The van der Waals surface area contributed by atoms with Crippen LogP contribution in [-0.4, -0.2) is 13.3 Å². The summed E-state index contributed by atoms with van der Waals surface area (Å²) in [6.45, 7) is 12.4. The fourth-order valence-corrected chi connectivity index (χ4v) is 1.37. The maximum atomic E-state index is 3.86. The molecule has 0 aliphatic heterocycles. The summed E-state index contributed by atoms with van der Waals surface area (Å²) in [6, 6.07) is 0. The summed E-state index contributed by atoms with van der Waals surface area (Å²) in [5.74, 6) is 0.609. The molecule has 0 rings (SSSR count). The molecule has 0 aliphatic carbocycles. The third-order valence-electron chi connectivity index (χ3n) is 2.17. The second-order valence-corrected chi connectivity index (χ2v) is 2.83. The van der Waals surface area contributed by atoms with E-state index in [1.807, 2.05) is 6.08 Å². The number of hydrogen-bond acceptors (Lipinski definition) is 1. The summed E-state index contributed by atoms with van der Waals surface area (Å²) in [7, 11) is 0. The third-order valence-corrected chi connectivity index (χ3v) is 2.17. The van der Waals surface area contributed by atoms with Crippen molar-refractivity contribution in [1.82, 2.24) is 0 Å². The quantitative estimate of drug-likeness (QED) is 0.423. The van der Waals surface area contributed by atoms with Crippen LogP contribution in [0.5, 0.6) is 0 Å². The first-order valence-corrected chi connectivity index (χ1v) is 4.51. The van der Waals surface area contributed by atoms with Gasteiger partial charge in [0.25, 0.3) is 0 Å². The van der Waals surface area contributed by atoms with E-state index >= 15 is 0 Å². The van der Waals surface area contributed by atoms with Crippen LogP contribution < -0.4 is 0 Å². The van der Waals surface area contributed by atoms with Gasteiger partial charge >= 0.3 is 0 Å². The van der Waals surface area contributed by atoms with Crippen LogP contribution in [0.3, 0.4) is 0 Å². The lowest BCUT2D eigenvalue weighted by atomic mass is 9.93. The second-order valence-electron chi connectivity index (χ2n) is 2.83. The standard InChI is InChI=1S/C11H19N/c1-5-10(6-2)11(7-3)8-9-12-4/h5-6,11H,1,4,7-9H2,2-3H3/b10-6+. The summed E-state index contributed by atoms with van der Waals surface area (Å²) in [6.07, 6.45) is 6.31. The Morgan fingerprint density at radius 1 is 1.58 bits per heavy atom. The first-order chi connectivity index (χ1) is 5.79. The van der Waals surface area contributed by atoms with E-state index in [0.717, 1.165) is 19.4 Å². The van der Waals surface area contributed by atoms with Crippen LogP contribution >= 0.6 is 0 Å². The molecule has 68 valence electrons. The average molecular weight is 165 g/mol. The van der Waals surface area contributed by atoms with E-state index in [1.54, 1.807) is 0 Å². The monoisotopic (exact) mass is 165 g/mol. The molecule has 0 saturated carbocycles. The van der Waals surface area contributed by atoms with Crippen LogP contribution in [0.25, 0.3) is 0 Å². The highest BCUT2D eigenvalue weighted by atomic mass is 14.7. The zero-order valence-corrected chi connectivity index (χ0v) is 8.21. The van der Waals surface area contributed by atoms with Gasteiger partial charge in [0.2, 0.25) is 0 Å². The molecule has 0 radical (unpaired) electrons. The molecule has 1 atom stereocenters. The maximum Gasteiger partial charge on any atom is 0.0387 e. The van der Waals surface area contributed by atoms with Gasteiger partial charge in [-0.15, -0.1) is 0 Å². The first kappa shape index (κ1) is 11.2. The van der Waals surface area contributed by atoms with Crippen molar-refractivity contribution in [2.45, 2.75) is 26.7 Å². The predicted octanol–water partition coefficient (Wildman–Crippen LogP) is 3.24. The molecule has 0 aromatic rings. The van der Waals surface area contributed by atoms with E-state index in [9.17, 15) is 0 Å². The largest absolute Gasteiger partial charge is 0.301 e. The highest BCUT2D eigenvalue weighted by Crippen LogP contribution is 2.19. The van der Waals surface area contributed by atoms with Gasteiger partial charge in [-0.3, -0.25) is 0 Å². The highest BCUT2D eigenvalue weighted by molar-refractivity contribution is 5.23. The molecule has 0 aromatic carbocycles. The van der Waals surface area contributed by atoms with Crippen LogP contribution in [0, 0.1) is 5.92 Å². The van der Waals surface area contributed by atoms with Gasteiger partial charge in [0.15, 0.2) is 0 Å². The summed E-state index contributed by atoms with van der Waals surface area (Å²) >= 11 is 0. The van der Waals surface area contributed by atoms with Crippen molar-refractivity contribution in [2.24, 2.45) is 10.9 Å². The van der Waals surface area contributed by atoms with Gasteiger partial charge in [-0.25, -0.2) is 0 Å². The summed E-state index contributed by atoms with van der Waals surface area (Å²) in [4.78, 5) is 3.86. The number of hydrogen-bond donors (Lipinski definition) is 0. The third kappa shape index (κ3) is 3.51. The molecular weight excluding hydrogens is 146 g/mol. The summed E-state index contributed by atoms with van der Waals surface area (Å²) in [5.41, 5.74) is 1.33. The Morgan fingerprint density at radius 2 is 2.25 bits per heavy atom. The number of nitrogens with zero attached hydrogens (tertiary/aromatic N) is 1. The van der Waals surface area contributed by atoms with Crippen molar-refractivity contribution in [3.63, 3.8) is 0 Å². The molecule has 0 fully saturated rings. The molecule has 1 heteroatoms. The van der Waals surface area contributed by atoms with E-state index in [1.165, 1.54) is 5.57 Å². The van der Waals surface area contributed by atoms with Crippen LogP contribution in [0.1, 0.15) is 26.7 Å². The molecule has 0 amide bonds. The van der Waals surface area contributed by atoms with Crippen molar-refractivity contribution in [3.8, 4) is 0 Å². The zero-order chi connectivity index (χ0) is 9.40. The Kier molecular flexibility index (Phi) is 6.35. The molecule has 12 heavy (non-hydrogen) atoms. The van der Waals surface area contributed by atoms with E-state index in [2.05, 4.69) is 38.2 Å². The van der Waals surface area contributed by atoms with Crippen molar-refractivity contribution in [1.29, 1.82) is 0 Å². The molecule has 0 aliphatic rings. The van der Waals surface area contributed by atoms with Gasteiger partial charge in [0, 0.05) is 6.54 Å². The van der Waals surface area contributed by atoms with Crippen LogP contribution in [0.4, 0.5) is 0 Å². The lowest BCUT2D eigenvalue weighted by molar-refractivity contribution is 0.561. The van der Waals surface area contributed by atoms with Crippen LogP contribution in [0.15, 0.2) is 29.3 Å². The van der Waals surface area contributed by atoms with Crippen molar-refractivity contribution in [2.75, 3.05) is 6.54 Å². The van der Waals surface area contributed by atoms with Crippen molar-refractivity contribution < 1.29 is 0 Å².